The molecule has 2 aromatic rings. The standard InChI is InChI=1S/C24H30N4O2/c29-23(17-20-5-2-1-3-6-20)28-12-4-7-22(19-28)24(30)27-15-13-26(14-16-27)18-21-8-10-25-11-9-21/h1-3,5-6,8-11,22H,4,7,12-19H2/t22-/m1/s1. The van der Waals surface area contributed by atoms with Crippen LogP contribution in [0.5, 0.6) is 0 Å². The highest BCUT2D eigenvalue weighted by atomic mass is 16.2. The maximum atomic E-state index is 13.1. The van der Waals surface area contributed by atoms with Gasteiger partial charge in [-0.25, -0.2) is 0 Å². The number of hydrogen-bond donors (Lipinski definition) is 0. The zero-order valence-corrected chi connectivity index (χ0v) is 17.4. The van der Waals surface area contributed by atoms with E-state index in [0.717, 1.165) is 57.7 Å². The van der Waals surface area contributed by atoms with Crippen molar-refractivity contribution in [2.45, 2.75) is 25.8 Å². The number of amides is 2. The van der Waals surface area contributed by atoms with E-state index in [-0.39, 0.29) is 17.7 Å². The lowest BCUT2D eigenvalue weighted by atomic mass is 9.95. The van der Waals surface area contributed by atoms with Crippen LogP contribution in [0.4, 0.5) is 0 Å². The van der Waals surface area contributed by atoms with Gasteiger partial charge in [-0.15, -0.1) is 0 Å². The van der Waals surface area contributed by atoms with E-state index in [4.69, 9.17) is 0 Å². The highest BCUT2D eigenvalue weighted by Gasteiger charge is 2.32. The van der Waals surface area contributed by atoms with E-state index in [1.807, 2.05) is 64.7 Å². The van der Waals surface area contributed by atoms with Crippen molar-refractivity contribution >= 4 is 11.8 Å². The highest BCUT2D eigenvalue weighted by Crippen LogP contribution is 2.21. The first-order valence-corrected chi connectivity index (χ1v) is 10.9. The zero-order valence-electron chi connectivity index (χ0n) is 17.4. The molecule has 4 rings (SSSR count). The molecule has 2 saturated heterocycles. The van der Waals surface area contributed by atoms with Gasteiger partial charge in [0.1, 0.15) is 0 Å². The lowest BCUT2D eigenvalue weighted by Crippen LogP contribution is -2.52. The predicted molar refractivity (Wildman–Crippen MR) is 116 cm³/mol. The second-order valence-corrected chi connectivity index (χ2v) is 8.30. The Bertz CT molecular complexity index is 835. The van der Waals surface area contributed by atoms with Crippen molar-refractivity contribution in [2.75, 3.05) is 39.3 Å². The van der Waals surface area contributed by atoms with Gasteiger partial charge in [0.15, 0.2) is 0 Å². The molecular weight excluding hydrogens is 376 g/mol. The molecule has 2 aliphatic heterocycles. The summed E-state index contributed by atoms with van der Waals surface area (Å²) in [5.41, 5.74) is 2.28. The lowest BCUT2D eigenvalue weighted by Gasteiger charge is -2.39. The maximum absolute atomic E-state index is 13.1. The minimum absolute atomic E-state index is 0.0646. The molecule has 0 aliphatic carbocycles. The molecule has 0 radical (unpaired) electrons. The molecule has 6 nitrogen and oxygen atoms in total. The Morgan fingerprint density at radius 2 is 1.60 bits per heavy atom. The molecule has 1 atom stereocenters. The van der Waals surface area contributed by atoms with E-state index in [1.54, 1.807) is 0 Å². The van der Waals surface area contributed by atoms with Crippen LogP contribution in [0.1, 0.15) is 24.0 Å². The van der Waals surface area contributed by atoms with Gasteiger partial charge < -0.3 is 9.80 Å². The van der Waals surface area contributed by atoms with Crippen LogP contribution in [-0.2, 0) is 22.6 Å². The highest BCUT2D eigenvalue weighted by molar-refractivity contribution is 5.82. The van der Waals surface area contributed by atoms with Crippen LogP contribution in [0, 0.1) is 5.92 Å². The molecule has 1 aromatic heterocycles. The van der Waals surface area contributed by atoms with E-state index in [2.05, 4.69) is 9.88 Å². The number of pyridine rings is 1. The maximum Gasteiger partial charge on any atom is 0.227 e. The monoisotopic (exact) mass is 406 g/mol. The van der Waals surface area contributed by atoms with E-state index < -0.39 is 0 Å². The summed E-state index contributed by atoms with van der Waals surface area (Å²) >= 11 is 0. The molecule has 6 heteroatoms. The second-order valence-electron chi connectivity index (χ2n) is 8.30. The minimum atomic E-state index is -0.0646. The van der Waals surface area contributed by atoms with E-state index in [9.17, 15) is 9.59 Å². The third kappa shape index (κ3) is 5.25. The fourth-order valence-corrected chi connectivity index (χ4v) is 4.42. The third-order valence-electron chi connectivity index (χ3n) is 6.16. The first-order valence-electron chi connectivity index (χ1n) is 10.9. The van der Waals surface area contributed by atoms with Gasteiger partial charge >= 0.3 is 0 Å². The number of benzene rings is 1. The summed E-state index contributed by atoms with van der Waals surface area (Å²) in [5.74, 6) is 0.280. The van der Waals surface area contributed by atoms with Crippen molar-refractivity contribution < 1.29 is 9.59 Å². The third-order valence-corrected chi connectivity index (χ3v) is 6.16. The number of piperazine rings is 1. The van der Waals surface area contributed by atoms with Gasteiger partial charge in [-0.2, -0.15) is 0 Å². The number of nitrogens with zero attached hydrogens (tertiary/aromatic N) is 4. The Morgan fingerprint density at radius 3 is 2.33 bits per heavy atom. The van der Waals surface area contributed by atoms with Crippen LogP contribution >= 0.6 is 0 Å². The molecule has 0 spiro atoms. The number of piperidine rings is 1. The number of carbonyl (C=O) groups excluding carboxylic acids is 2. The Labute approximate surface area is 178 Å². The summed E-state index contributed by atoms with van der Waals surface area (Å²) < 4.78 is 0. The van der Waals surface area contributed by atoms with Crippen molar-refractivity contribution in [3.05, 3.63) is 66.0 Å². The van der Waals surface area contributed by atoms with Gasteiger partial charge in [-0.1, -0.05) is 30.3 Å². The van der Waals surface area contributed by atoms with Crippen LogP contribution in [0.3, 0.4) is 0 Å². The SMILES string of the molecule is O=C(Cc1ccccc1)N1CCC[C@@H](C(=O)N2CCN(Cc3ccncc3)CC2)C1. The van der Waals surface area contributed by atoms with Crippen molar-refractivity contribution in [3.63, 3.8) is 0 Å². The number of likely N-dealkylation sites (tertiary alicyclic amines) is 1. The number of carbonyl (C=O) groups is 2. The van der Waals surface area contributed by atoms with Crippen molar-refractivity contribution in [3.8, 4) is 0 Å². The molecule has 3 heterocycles. The van der Waals surface area contributed by atoms with E-state index in [0.29, 0.717) is 13.0 Å². The molecule has 0 saturated carbocycles. The zero-order chi connectivity index (χ0) is 20.8. The number of aromatic nitrogens is 1. The van der Waals surface area contributed by atoms with Gasteiger partial charge in [0.05, 0.1) is 12.3 Å². The van der Waals surface area contributed by atoms with Gasteiger partial charge in [-0.3, -0.25) is 19.5 Å². The first-order chi connectivity index (χ1) is 14.7. The first kappa shape index (κ1) is 20.5. The fraction of sp³-hybridized carbons (Fsp3) is 0.458. The minimum Gasteiger partial charge on any atom is -0.342 e. The quantitative estimate of drug-likeness (QED) is 0.764. The molecular formula is C24H30N4O2. The lowest BCUT2D eigenvalue weighted by molar-refractivity contribution is -0.142. The smallest absolute Gasteiger partial charge is 0.227 e. The Morgan fingerprint density at radius 1 is 0.867 bits per heavy atom. The van der Waals surface area contributed by atoms with Crippen LogP contribution in [-0.4, -0.2) is 70.8 Å². The van der Waals surface area contributed by atoms with Crippen molar-refractivity contribution in [1.29, 1.82) is 0 Å². The molecule has 2 fully saturated rings. The molecule has 0 N–H and O–H groups in total. The Kier molecular flexibility index (Phi) is 6.74. The molecule has 0 unspecified atom stereocenters. The second kappa shape index (κ2) is 9.85. The molecule has 2 aliphatic rings. The van der Waals surface area contributed by atoms with Crippen molar-refractivity contribution in [2.24, 2.45) is 5.92 Å². The Balaban J connectivity index is 1.27. The summed E-state index contributed by atoms with van der Waals surface area (Å²) in [5, 5.41) is 0. The van der Waals surface area contributed by atoms with Gasteiger partial charge in [-0.05, 0) is 36.1 Å². The summed E-state index contributed by atoms with van der Waals surface area (Å²) in [6, 6.07) is 13.9. The van der Waals surface area contributed by atoms with Crippen LogP contribution in [0.15, 0.2) is 54.9 Å². The Hall–Kier alpha value is -2.73. The van der Waals surface area contributed by atoms with Gasteiger partial charge in [0.2, 0.25) is 11.8 Å². The molecule has 2 amide bonds. The molecule has 0 bridgehead atoms. The normalized spacial score (nSPS) is 20.2. The van der Waals surface area contributed by atoms with Gasteiger partial charge in [0.25, 0.3) is 0 Å². The fourth-order valence-electron chi connectivity index (χ4n) is 4.42. The van der Waals surface area contributed by atoms with Crippen LogP contribution < -0.4 is 0 Å². The summed E-state index contributed by atoms with van der Waals surface area (Å²) in [6.07, 6.45) is 5.84. The largest absolute Gasteiger partial charge is 0.342 e. The van der Waals surface area contributed by atoms with E-state index >= 15 is 0 Å². The van der Waals surface area contributed by atoms with E-state index in [1.165, 1.54) is 5.56 Å². The number of rotatable bonds is 5. The van der Waals surface area contributed by atoms with Crippen LogP contribution in [0.25, 0.3) is 0 Å². The average Bonchev–Trinajstić information content (AvgIpc) is 2.80. The van der Waals surface area contributed by atoms with Crippen molar-refractivity contribution in [1.82, 2.24) is 19.7 Å². The topological polar surface area (TPSA) is 56.8 Å². The summed E-state index contributed by atoms with van der Waals surface area (Å²) in [6.45, 7) is 5.51. The number of hydrogen-bond acceptors (Lipinski definition) is 4. The molecule has 158 valence electrons. The average molecular weight is 407 g/mol. The summed E-state index contributed by atoms with van der Waals surface area (Å²) in [7, 11) is 0. The van der Waals surface area contributed by atoms with Gasteiger partial charge in [0, 0.05) is 58.2 Å². The van der Waals surface area contributed by atoms with Crippen LogP contribution in [0.2, 0.25) is 0 Å². The predicted octanol–water partition coefficient (Wildman–Crippen LogP) is 2.21. The molecule has 30 heavy (non-hydrogen) atoms. The molecule has 1 aromatic carbocycles. The summed E-state index contributed by atoms with van der Waals surface area (Å²) in [4.78, 5) is 36.2.